The zero-order valence-corrected chi connectivity index (χ0v) is 14.9. The lowest BCUT2D eigenvalue weighted by Gasteiger charge is -2.18. The van der Waals surface area contributed by atoms with E-state index >= 15 is 0 Å². The first kappa shape index (κ1) is 17.0. The van der Waals surface area contributed by atoms with Crippen LogP contribution in [-0.2, 0) is 9.59 Å². The molecule has 2 rings (SSSR count). The molecule has 1 unspecified atom stereocenters. The van der Waals surface area contributed by atoms with Crippen molar-refractivity contribution >= 4 is 33.4 Å². The number of benzene rings is 1. The average molecular weight is 367 g/mol. The van der Waals surface area contributed by atoms with Crippen molar-refractivity contribution in [3.63, 3.8) is 0 Å². The summed E-state index contributed by atoms with van der Waals surface area (Å²) in [4.78, 5) is 26.1. The smallest absolute Gasteiger partial charge is 0.227 e. The Balaban J connectivity index is 1.98. The third kappa shape index (κ3) is 4.09. The minimum absolute atomic E-state index is 0.00895. The number of carbonyl (C=O) groups is 2. The second kappa shape index (κ2) is 7.27. The van der Waals surface area contributed by atoms with E-state index in [0.29, 0.717) is 25.4 Å². The molecule has 0 aromatic heterocycles. The molecule has 1 aliphatic rings. The highest BCUT2D eigenvalue weighted by atomic mass is 79.9. The molecule has 0 aliphatic carbocycles. The minimum atomic E-state index is -0.247. The molecule has 1 N–H and O–H groups in total. The molecule has 1 heterocycles. The van der Waals surface area contributed by atoms with Gasteiger partial charge >= 0.3 is 0 Å². The van der Waals surface area contributed by atoms with Crippen LogP contribution in [0.25, 0.3) is 0 Å². The van der Waals surface area contributed by atoms with Crippen molar-refractivity contribution < 1.29 is 9.59 Å². The molecule has 0 saturated carbocycles. The number of hydrogen-bond donors (Lipinski definition) is 1. The van der Waals surface area contributed by atoms with Gasteiger partial charge in [-0.25, -0.2) is 0 Å². The van der Waals surface area contributed by atoms with Crippen LogP contribution >= 0.6 is 15.9 Å². The Kier molecular flexibility index (Phi) is 5.62. The summed E-state index contributed by atoms with van der Waals surface area (Å²) in [5, 5.41) is 2.94. The number of nitrogens with one attached hydrogen (secondary N) is 1. The van der Waals surface area contributed by atoms with Crippen LogP contribution in [0.2, 0.25) is 0 Å². The van der Waals surface area contributed by atoms with Crippen molar-refractivity contribution in [2.24, 2.45) is 11.8 Å². The number of nitrogens with zero attached hydrogens (tertiary/aromatic N) is 1. The predicted octanol–water partition coefficient (Wildman–Crippen LogP) is 3.27. The minimum Gasteiger partial charge on any atom is -0.356 e. The lowest BCUT2D eigenvalue weighted by atomic mass is 10.1. The Hall–Kier alpha value is -1.36. The molecule has 1 aromatic carbocycles. The van der Waals surface area contributed by atoms with Crippen LogP contribution in [0, 0.1) is 18.8 Å². The van der Waals surface area contributed by atoms with E-state index in [4.69, 9.17) is 0 Å². The third-order valence-electron chi connectivity index (χ3n) is 3.97. The summed E-state index contributed by atoms with van der Waals surface area (Å²) in [5.74, 6) is 0.326. The van der Waals surface area contributed by atoms with Crippen LogP contribution < -0.4 is 10.2 Å². The molecule has 1 fully saturated rings. The van der Waals surface area contributed by atoms with Crippen LogP contribution in [0.4, 0.5) is 5.69 Å². The quantitative estimate of drug-likeness (QED) is 0.869. The maximum Gasteiger partial charge on any atom is 0.227 e. The highest BCUT2D eigenvalue weighted by Gasteiger charge is 2.35. The van der Waals surface area contributed by atoms with Gasteiger partial charge in [0.1, 0.15) is 0 Å². The zero-order valence-electron chi connectivity index (χ0n) is 13.4. The summed E-state index contributed by atoms with van der Waals surface area (Å²) in [6.07, 6.45) is 1.25. The number of amides is 2. The van der Waals surface area contributed by atoms with Gasteiger partial charge in [-0.3, -0.25) is 9.59 Å². The topological polar surface area (TPSA) is 49.4 Å². The van der Waals surface area contributed by atoms with Crippen molar-refractivity contribution in [3.05, 3.63) is 28.2 Å². The van der Waals surface area contributed by atoms with Crippen LogP contribution in [-0.4, -0.2) is 24.9 Å². The van der Waals surface area contributed by atoms with Gasteiger partial charge in [-0.15, -0.1) is 0 Å². The van der Waals surface area contributed by atoms with Gasteiger partial charge in [-0.2, -0.15) is 0 Å². The molecule has 0 bridgehead atoms. The van der Waals surface area contributed by atoms with Gasteiger partial charge in [-0.05, 0) is 43.0 Å². The van der Waals surface area contributed by atoms with E-state index in [1.54, 1.807) is 4.90 Å². The molecular weight excluding hydrogens is 344 g/mol. The second-order valence-corrected chi connectivity index (χ2v) is 7.17. The summed E-state index contributed by atoms with van der Waals surface area (Å²) in [6.45, 7) is 7.39. The molecule has 0 radical (unpaired) electrons. The second-order valence-electron chi connectivity index (χ2n) is 6.31. The van der Waals surface area contributed by atoms with Crippen molar-refractivity contribution in [2.75, 3.05) is 18.0 Å². The summed E-state index contributed by atoms with van der Waals surface area (Å²) >= 11 is 3.46. The third-order valence-corrected chi connectivity index (χ3v) is 4.86. The number of aryl methyl sites for hydroxylation is 1. The normalized spacial score (nSPS) is 18.1. The van der Waals surface area contributed by atoms with Crippen LogP contribution in [0.3, 0.4) is 0 Å². The lowest BCUT2D eigenvalue weighted by Crippen LogP contribution is -2.33. The van der Waals surface area contributed by atoms with E-state index in [1.165, 1.54) is 0 Å². The average Bonchev–Trinajstić information content (AvgIpc) is 2.83. The first-order chi connectivity index (χ1) is 10.4. The molecule has 120 valence electrons. The molecule has 1 aliphatic heterocycles. The van der Waals surface area contributed by atoms with Crippen molar-refractivity contribution in [3.8, 4) is 0 Å². The van der Waals surface area contributed by atoms with Gasteiger partial charge in [0.15, 0.2) is 0 Å². The lowest BCUT2D eigenvalue weighted by molar-refractivity contribution is -0.126. The fraction of sp³-hybridized carbons (Fsp3) is 0.529. The number of halogens is 1. The summed E-state index contributed by atoms with van der Waals surface area (Å²) in [7, 11) is 0. The Morgan fingerprint density at radius 1 is 1.45 bits per heavy atom. The maximum absolute atomic E-state index is 12.2. The SMILES string of the molecule is Cc1cc(N2CC(C(=O)NCCC(C)C)CC2=O)ccc1Br. The zero-order chi connectivity index (χ0) is 16.3. The summed E-state index contributed by atoms with van der Waals surface area (Å²) < 4.78 is 1.02. The van der Waals surface area contributed by atoms with Crippen molar-refractivity contribution in [1.82, 2.24) is 5.32 Å². The fourth-order valence-corrected chi connectivity index (χ4v) is 2.80. The Morgan fingerprint density at radius 3 is 2.82 bits per heavy atom. The van der Waals surface area contributed by atoms with E-state index in [2.05, 4.69) is 35.1 Å². The predicted molar refractivity (Wildman–Crippen MR) is 91.8 cm³/mol. The van der Waals surface area contributed by atoms with Crippen molar-refractivity contribution in [1.29, 1.82) is 0 Å². The standard InChI is InChI=1S/C17H23BrN2O2/c1-11(2)6-7-19-17(22)13-9-16(21)20(10-13)14-4-5-15(18)12(3)8-14/h4-5,8,11,13H,6-7,9-10H2,1-3H3,(H,19,22). The molecule has 4 nitrogen and oxygen atoms in total. The van der Waals surface area contributed by atoms with Crippen LogP contribution in [0.1, 0.15) is 32.3 Å². The van der Waals surface area contributed by atoms with E-state index in [-0.39, 0.29) is 17.7 Å². The Labute approximate surface area is 140 Å². The highest BCUT2D eigenvalue weighted by Crippen LogP contribution is 2.28. The monoisotopic (exact) mass is 366 g/mol. The number of carbonyl (C=O) groups excluding carboxylic acids is 2. The summed E-state index contributed by atoms with van der Waals surface area (Å²) in [6, 6.07) is 5.82. The van der Waals surface area contributed by atoms with Crippen molar-refractivity contribution in [2.45, 2.75) is 33.6 Å². The Morgan fingerprint density at radius 2 is 2.18 bits per heavy atom. The first-order valence-electron chi connectivity index (χ1n) is 7.72. The Bertz CT molecular complexity index is 572. The molecule has 0 spiro atoms. The van der Waals surface area contributed by atoms with Gasteiger partial charge in [0.05, 0.1) is 5.92 Å². The highest BCUT2D eigenvalue weighted by molar-refractivity contribution is 9.10. The van der Waals surface area contributed by atoms with E-state index < -0.39 is 0 Å². The van der Waals surface area contributed by atoms with E-state index in [1.807, 2.05) is 25.1 Å². The number of rotatable bonds is 5. The van der Waals surface area contributed by atoms with Crippen LogP contribution in [0.5, 0.6) is 0 Å². The maximum atomic E-state index is 12.2. The molecule has 22 heavy (non-hydrogen) atoms. The molecule has 2 amide bonds. The number of anilines is 1. The van der Waals surface area contributed by atoms with E-state index in [0.717, 1.165) is 22.1 Å². The van der Waals surface area contributed by atoms with Gasteiger partial charge in [0.2, 0.25) is 11.8 Å². The first-order valence-corrected chi connectivity index (χ1v) is 8.52. The number of hydrogen-bond acceptors (Lipinski definition) is 2. The molecule has 5 heteroatoms. The summed E-state index contributed by atoms with van der Waals surface area (Å²) in [5.41, 5.74) is 1.94. The van der Waals surface area contributed by atoms with Crippen LogP contribution in [0.15, 0.2) is 22.7 Å². The fourth-order valence-electron chi connectivity index (χ4n) is 2.56. The van der Waals surface area contributed by atoms with Gasteiger partial charge in [0.25, 0.3) is 0 Å². The van der Waals surface area contributed by atoms with E-state index in [9.17, 15) is 9.59 Å². The van der Waals surface area contributed by atoms with Gasteiger partial charge in [-0.1, -0.05) is 29.8 Å². The molecule has 1 atom stereocenters. The molecular formula is C17H23BrN2O2. The largest absolute Gasteiger partial charge is 0.356 e. The molecule has 1 aromatic rings. The molecule has 1 saturated heterocycles. The van der Waals surface area contributed by atoms with Gasteiger partial charge < -0.3 is 10.2 Å². The van der Waals surface area contributed by atoms with Gasteiger partial charge in [0, 0.05) is 29.7 Å².